The lowest BCUT2D eigenvalue weighted by atomic mass is 10.0. The Balaban J connectivity index is 2.11. The van der Waals surface area contributed by atoms with Gasteiger partial charge in [0.25, 0.3) is 0 Å². The minimum absolute atomic E-state index is 0.00884. The fraction of sp³-hybridized carbons (Fsp3) is 0. The highest BCUT2D eigenvalue weighted by molar-refractivity contribution is 5.98. The lowest BCUT2D eigenvalue weighted by Gasteiger charge is -2.05. The average Bonchev–Trinajstić information content (AvgIpc) is 3.06. The summed E-state index contributed by atoms with van der Waals surface area (Å²) >= 11 is 0. The van der Waals surface area contributed by atoms with E-state index in [9.17, 15) is 8.78 Å². The third-order valence-electron chi connectivity index (χ3n) is 3.60. The van der Waals surface area contributed by atoms with Crippen LogP contribution in [0.15, 0.2) is 48.8 Å². The Morgan fingerprint density at radius 3 is 2.60 bits per heavy atom. The second kappa shape index (κ2) is 3.93. The van der Waals surface area contributed by atoms with Crippen LogP contribution in [0.3, 0.4) is 0 Å². The second-order valence-electron chi connectivity index (χ2n) is 4.73. The van der Waals surface area contributed by atoms with Crippen molar-refractivity contribution in [3.05, 3.63) is 60.4 Å². The van der Waals surface area contributed by atoms with Crippen LogP contribution in [-0.4, -0.2) is 9.97 Å². The van der Waals surface area contributed by atoms with Crippen LogP contribution in [-0.2, 0) is 0 Å². The topological polar surface area (TPSA) is 31.6 Å². The summed E-state index contributed by atoms with van der Waals surface area (Å²) in [5, 5.41) is 1.20. The molecule has 0 bridgehead atoms. The summed E-state index contributed by atoms with van der Waals surface area (Å²) in [4.78, 5) is 5.86. The second-order valence-corrected chi connectivity index (χ2v) is 4.73. The number of hydrogen-bond donors (Lipinski definition) is 2. The van der Waals surface area contributed by atoms with Crippen molar-refractivity contribution in [2.24, 2.45) is 0 Å². The average molecular weight is 268 g/mol. The van der Waals surface area contributed by atoms with E-state index >= 15 is 0 Å². The molecule has 2 heterocycles. The summed E-state index contributed by atoms with van der Waals surface area (Å²) in [6.45, 7) is 0. The zero-order chi connectivity index (χ0) is 13.7. The standard InChI is InChI=1S/C16H10F2N2/c17-12-7-14-10(5-6-19-14)16(18)15(12)11-8-20-13-4-2-1-3-9(11)13/h1-8,19-20H. The van der Waals surface area contributed by atoms with E-state index in [0.29, 0.717) is 16.5 Å². The smallest absolute Gasteiger partial charge is 0.143 e. The Kier molecular flexibility index (Phi) is 2.21. The van der Waals surface area contributed by atoms with Gasteiger partial charge >= 0.3 is 0 Å². The summed E-state index contributed by atoms with van der Waals surface area (Å²) in [5.74, 6) is -1.10. The Morgan fingerprint density at radius 1 is 0.850 bits per heavy atom. The number of nitrogens with one attached hydrogen (secondary N) is 2. The SMILES string of the molecule is Fc1cc2[nH]ccc2c(F)c1-c1c[nH]c2ccccc12. The molecule has 2 N–H and O–H groups in total. The fourth-order valence-electron chi connectivity index (χ4n) is 2.66. The molecule has 0 fully saturated rings. The zero-order valence-corrected chi connectivity index (χ0v) is 10.4. The van der Waals surface area contributed by atoms with Crippen LogP contribution in [0.2, 0.25) is 0 Å². The molecule has 0 saturated carbocycles. The highest BCUT2D eigenvalue weighted by atomic mass is 19.1. The Labute approximate surface area is 113 Å². The van der Waals surface area contributed by atoms with Gasteiger partial charge in [-0.25, -0.2) is 8.78 Å². The van der Waals surface area contributed by atoms with E-state index < -0.39 is 11.6 Å². The molecule has 0 spiro atoms. The molecule has 0 aliphatic rings. The fourth-order valence-corrected chi connectivity index (χ4v) is 2.66. The predicted octanol–water partition coefficient (Wildman–Crippen LogP) is 4.59. The maximum absolute atomic E-state index is 14.6. The summed E-state index contributed by atoms with van der Waals surface area (Å²) in [6.07, 6.45) is 3.25. The molecular weight excluding hydrogens is 258 g/mol. The Morgan fingerprint density at radius 2 is 1.70 bits per heavy atom. The Bertz CT molecular complexity index is 934. The van der Waals surface area contributed by atoms with Gasteiger partial charge in [-0.15, -0.1) is 0 Å². The molecule has 2 aromatic carbocycles. The molecule has 4 rings (SSSR count). The largest absolute Gasteiger partial charge is 0.361 e. The molecule has 2 nitrogen and oxygen atoms in total. The van der Waals surface area contributed by atoms with Gasteiger partial charge in [-0.05, 0) is 18.2 Å². The van der Waals surface area contributed by atoms with Crippen molar-refractivity contribution < 1.29 is 8.78 Å². The molecule has 0 unspecified atom stereocenters. The normalized spacial score (nSPS) is 11.5. The van der Waals surface area contributed by atoms with Gasteiger partial charge in [0.15, 0.2) is 0 Å². The number of fused-ring (bicyclic) bond motifs is 2. The van der Waals surface area contributed by atoms with Gasteiger partial charge in [-0.2, -0.15) is 0 Å². The highest BCUT2D eigenvalue weighted by Crippen LogP contribution is 2.35. The first-order valence-corrected chi connectivity index (χ1v) is 6.27. The third-order valence-corrected chi connectivity index (χ3v) is 3.60. The van der Waals surface area contributed by atoms with Gasteiger partial charge in [-0.3, -0.25) is 0 Å². The van der Waals surface area contributed by atoms with E-state index in [1.807, 2.05) is 24.3 Å². The first-order chi connectivity index (χ1) is 9.75. The number of aromatic nitrogens is 2. The van der Waals surface area contributed by atoms with Crippen molar-refractivity contribution in [1.29, 1.82) is 0 Å². The molecule has 0 aliphatic carbocycles. The number of benzene rings is 2. The van der Waals surface area contributed by atoms with Crippen LogP contribution in [0.25, 0.3) is 32.9 Å². The van der Waals surface area contributed by atoms with E-state index in [-0.39, 0.29) is 5.56 Å². The van der Waals surface area contributed by atoms with Gasteiger partial charge in [0.05, 0.1) is 11.1 Å². The van der Waals surface area contributed by atoms with Gasteiger partial charge in [0, 0.05) is 34.2 Å². The summed E-state index contributed by atoms with van der Waals surface area (Å²) < 4.78 is 28.9. The zero-order valence-electron chi connectivity index (χ0n) is 10.4. The van der Waals surface area contributed by atoms with Crippen LogP contribution in [0, 0.1) is 11.6 Å². The molecule has 0 aliphatic heterocycles. The van der Waals surface area contributed by atoms with E-state index in [2.05, 4.69) is 9.97 Å². The maximum Gasteiger partial charge on any atom is 0.143 e. The van der Waals surface area contributed by atoms with Gasteiger partial charge in [-0.1, -0.05) is 18.2 Å². The molecule has 2 aromatic heterocycles. The van der Waals surface area contributed by atoms with Gasteiger partial charge in [0.1, 0.15) is 11.6 Å². The number of aromatic amines is 2. The van der Waals surface area contributed by atoms with Crippen molar-refractivity contribution in [2.45, 2.75) is 0 Å². The maximum atomic E-state index is 14.6. The third kappa shape index (κ3) is 1.42. The van der Waals surface area contributed by atoms with Crippen molar-refractivity contribution in [3.8, 4) is 11.1 Å². The first kappa shape index (κ1) is 11.2. The number of para-hydroxylation sites is 1. The molecule has 0 amide bonds. The molecule has 4 aromatic rings. The van der Waals surface area contributed by atoms with Crippen molar-refractivity contribution >= 4 is 21.8 Å². The van der Waals surface area contributed by atoms with Crippen LogP contribution in [0.5, 0.6) is 0 Å². The van der Waals surface area contributed by atoms with Crippen LogP contribution in [0.1, 0.15) is 0 Å². The number of H-pyrrole nitrogens is 2. The summed E-state index contributed by atoms with van der Waals surface area (Å²) in [6, 6.07) is 10.4. The Hall–Kier alpha value is -2.62. The van der Waals surface area contributed by atoms with Crippen LogP contribution >= 0.6 is 0 Å². The predicted molar refractivity (Wildman–Crippen MR) is 75.5 cm³/mol. The quantitative estimate of drug-likeness (QED) is 0.506. The van der Waals surface area contributed by atoms with Crippen LogP contribution < -0.4 is 0 Å². The molecule has 20 heavy (non-hydrogen) atoms. The minimum Gasteiger partial charge on any atom is -0.361 e. The molecule has 0 atom stereocenters. The number of halogens is 2. The molecule has 0 saturated heterocycles. The number of hydrogen-bond acceptors (Lipinski definition) is 0. The highest BCUT2D eigenvalue weighted by Gasteiger charge is 2.18. The summed E-state index contributed by atoms with van der Waals surface area (Å²) in [7, 11) is 0. The minimum atomic E-state index is -0.567. The summed E-state index contributed by atoms with van der Waals surface area (Å²) in [5.41, 5.74) is 1.87. The molecule has 0 radical (unpaired) electrons. The monoisotopic (exact) mass is 268 g/mol. The van der Waals surface area contributed by atoms with E-state index in [0.717, 1.165) is 10.9 Å². The lowest BCUT2D eigenvalue weighted by Crippen LogP contribution is -1.90. The molecule has 4 heteroatoms. The van der Waals surface area contributed by atoms with Crippen molar-refractivity contribution in [2.75, 3.05) is 0 Å². The van der Waals surface area contributed by atoms with E-state index in [4.69, 9.17) is 0 Å². The van der Waals surface area contributed by atoms with Crippen molar-refractivity contribution in [1.82, 2.24) is 9.97 Å². The van der Waals surface area contributed by atoms with E-state index in [1.165, 1.54) is 6.07 Å². The first-order valence-electron chi connectivity index (χ1n) is 6.27. The van der Waals surface area contributed by atoms with Gasteiger partial charge in [0.2, 0.25) is 0 Å². The molecular formula is C16H10F2N2. The lowest BCUT2D eigenvalue weighted by molar-refractivity contribution is 0.598. The van der Waals surface area contributed by atoms with Crippen LogP contribution in [0.4, 0.5) is 8.78 Å². The van der Waals surface area contributed by atoms with Crippen molar-refractivity contribution in [3.63, 3.8) is 0 Å². The number of rotatable bonds is 1. The molecule has 98 valence electrons. The van der Waals surface area contributed by atoms with E-state index in [1.54, 1.807) is 18.5 Å². The van der Waals surface area contributed by atoms with Gasteiger partial charge < -0.3 is 9.97 Å².